The number of piperidine rings is 1. The summed E-state index contributed by atoms with van der Waals surface area (Å²) in [6.07, 6.45) is 2.71. The number of anilines is 1. The van der Waals surface area contributed by atoms with Gasteiger partial charge in [-0.05, 0) is 43.8 Å². The molecule has 1 aromatic rings. The molecule has 1 atom stereocenters. The Morgan fingerprint density at radius 1 is 1.43 bits per heavy atom. The molecule has 1 aromatic carbocycles. The molecule has 112 valence electrons. The number of amides is 1. The average Bonchev–Trinajstić information content (AvgIpc) is 3.15. The van der Waals surface area contributed by atoms with Crippen molar-refractivity contribution >= 4 is 17.3 Å². The first-order valence-corrected chi connectivity index (χ1v) is 6.97. The van der Waals surface area contributed by atoms with Crippen LogP contribution in [0.1, 0.15) is 19.3 Å². The zero-order valence-electron chi connectivity index (χ0n) is 11.4. The monoisotopic (exact) mass is 293 g/mol. The first kappa shape index (κ1) is 13.9. The molecule has 2 fully saturated rings. The highest BCUT2D eigenvalue weighted by Gasteiger charge is 2.57. The maximum absolute atomic E-state index is 13.7. The normalized spacial score (nSPS) is 22.8. The van der Waals surface area contributed by atoms with E-state index in [2.05, 4.69) is 10.6 Å². The number of carbonyl (C=O) groups excluding carboxylic acids is 1. The Kier molecular flexibility index (Phi) is 3.36. The molecule has 1 saturated carbocycles. The number of nitro groups is 1. The number of carbonyl (C=O) groups is 1. The van der Waals surface area contributed by atoms with Crippen LogP contribution in [0.5, 0.6) is 0 Å². The minimum atomic E-state index is -0.658. The van der Waals surface area contributed by atoms with Crippen molar-refractivity contribution < 1.29 is 14.1 Å². The number of hydrogen-bond donors (Lipinski definition) is 2. The third kappa shape index (κ3) is 2.61. The van der Waals surface area contributed by atoms with Gasteiger partial charge in [0.15, 0.2) is 0 Å². The summed E-state index contributed by atoms with van der Waals surface area (Å²) in [5, 5.41) is 16.5. The van der Waals surface area contributed by atoms with Crippen LogP contribution in [0, 0.1) is 27.3 Å². The van der Waals surface area contributed by atoms with Crippen LogP contribution in [0.2, 0.25) is 0 Å². The number of nitro benzene ring substituents is 1. The van der Waals surface area contributed by atoms with Gasteiger partial charge in [-0.2, -0.15) is 0 Å². The van der Waals surface area contributed by atoms with Crippen molar-refractivity contribution in [2.24, 2.45) is 11.3 Å². The first-order chi connectivity index (χ1) is 10.0. The van der Waals surface area contributed by atoms with E-state index in [4.69, 9.17) is 0 Å². The number of benzene rings is 1. The number of hydrogen-bond acceptors (Lipinski definition) is 4. The van der Waals surface area contributed by atoms with E-state index in [1.54, 1.807) is 0 Å². The maximum Gasteiger partial charge on any atom is 0.271 e. The Labute approximate surface area is 120 Å². The number of rotatable bonds is 3. The fraction of sp³-hybridized carbons (Fsp3) is 0.500. The second-order valence-corrected chi connectivity index (χ2v) is 5.78. The highest BCUT2D eigenvalue weighted by molar-refractivity contribution is 5.95. The lowest BCUT2D eigenvalue weighted by atomic mass is 9.92. The summed E-state index contributed by atoms with van der Waals surface area (Å²) in [5.41, 5.74) is -0.309. The fourth-order valence-electron chi connectivity index (χ4n) is 3.14. The Bertz CT molecular complexity index is 599. The molecule has 2 N–H and O–H groups in total. The van der Waals surface area contributed by atoms with Crippen LogP contribution in [0.15, 0.2) is 18.2 Å². The van der Waals surface area contributed by atoms with Crippen LogP contribution >= 0.6 is 0 Å². The molecule has 1 unspecified atom stereocenters. The molecular formula is C14H16FN3O3. The molecule has 2 aliphatic rings. The Morgan fingerprint density at radius 2 is 2.14 bits per heavy atom. The van der Waals surface area contributed by atoms with Crippen LogP contribution in [0.4, 0.5) is 15.8 Å². The molecule has 1 amide bonds. The molecule has 1 saturated heterocycles. The van der Waals surface area contributed by atoms with Crippen molar-refractivity contribution in [3.05, 3.63) is 34.1 Å². The van der Waals surface area contributed by atoms with E-state index in [-0.39, 0.29) is 28.6 Å². The first-order valence-electron chi connectivity index (χ1n) is 6.97. The lowest BCUT2D eigenvalue weighted by Crippen LogP contribution is -2.31. The molecule has 1 heterocycles. The minimum absolute atomic E-state index is 0.0481. The van der Waals surface area contributed by atoms with Gasteiger partial charge in [0.2, 0.25) is 5.91 Å². The van der Waals surface area contributed by atoms with E-state index in [9.17, 15) is 19.3 Å². The average molecular weight is 293 g/mol. The molecule has 0 bridgehead atoms. The van der Waals surface area contributed by atoms with Gasteiger partial charge in [-0.15, -0.1) is 0 Å². The Hall–Kier alpha value is -2.02. The predicted molar refractivity (Wildman–Crippen MR) is 74.3 cm³/mol. The van der Waals surface area contributed by atoms with Crippen molar-refractivity contribution in [1.82, 2.24) is 5.32 Å². The highest BCUT2D eigenvalue weighted by atomic mass is 19.1. The molecule has 1 aliphatic heterocycles. The van der Waals surface area contributed by atoms with Gasteiger partial charge >= 0.3 is 0 Å². The van der Waals surface area contributed by atoms with Gasteiger partial charge in [-0.3, -0.25) is 14.9 Å². The van der Waals surface area contributed by atoms with Crippen LogP contribution < -0.4 is 10.6 Å². The van der Waals surface area contributed by atoms with E-state index in [1.807, 2.05) is 0 Å². The zero-order valence-corrected chi connectivity index (χ0v) is 11.4. The van der Waals surface area contributed by atoms with E-state index >= 15 is 0 Å². The molecular weight excluding hydrogens is 277 g/mol. The fourth-order valence-corrected chi connectivity index (χ4v) is 3.14. The molecule has 6 nitrogen and oxygen atoms in total. The van der Waals surface area contributed by atoms with Gasteiger partial charge in [-0.25, -0.2) is 4.39 Å². The van der Waals surface area contributed by atoms with Crippen molar-refractivity contribution in [3.8, 4) is 0 Å². The van der Waals surface area contributed by atoms with Crippen LogP contribution in [0.25, 0.3) is 0 Å². The molecule has 21 heavy (non-hydrogen) atoms. The van der Waals surface area contributed by atoms with E-state index in [0.29, 0.717) is 0 Å². The summed E-state index contributed by atoms with van der Waals surface area (Å²) in [4.78, 5) is 22.3. The standard InChI is InChI=1S/C14H16FN3O3/c15-11-2-1-9(18(20)21)7-12(11)17-13(19)10-8-14(10)3-5-16-6-4-14/h1-2,7,10,16H,3-6,8H2,(H,17,19). The predicted octanol–water partition coefficient (Wildman–Crippen LogP) is 2.06. The Morgan fingerprint density at radius 3 is 2.81 bits per heavy atom. The van der Waals surface area contributed by atoms with E-state index < -0.39 is 10.7 Å². The number of halogens is 1. The topological polar surface area (TPSA) is 84.3 Å². The van der Waals surface area contributed by atoms with E-state index in [1.165, 1.54) is 0 Å². The number of nitrogens with one attached hydrogen (secondary N) is 2. The summed E-state index contributed by atoms with van der Waals surface area (Å²) < 4.78 is 13.7. The van der Waals surface area contributed by atoms with Crippen LogP contribution in [-0.4, -0.2) is 23.9 Å². The molecule has 1 aliphatic carbocycles. The maximum atomic E-state index is 13.7. The second-order valence-electron chi connectivity index (χ2n) is 5.78. The van der Waals surface area contributed by atoms with Crippen molar-refractivity contribution in [3.63, 3.8) is 0 Å². The summed E-state index contributed by atoms with van der Waals surface area (Å²) in [7, 11) is 0. The molecule has 7 heteroatoms. The van der Waals surface area contributed by atoms with Crippen molar-refractivity contribution in [1.29, 1.82) is 0 Å². The number of non-ortho nitro benzene ring substituents is 1. The van der Waals surface area contributed by atoms with Gasteiger partial charge in [0, 0.05) is 18.1 Å². The van der Waals surface area contributed by atoms with Gasteiger partial charge in [-0.1, -0.05) is 0 Å². The lowest BCUT2D eigenvalue weighted by Gasteiger charge is -2.23. The molecule has 1 spiro atoms. The highest BCUT2D eigenvalue weighted by Crippen LogP contribution is 2.58. The Balaban J connectivity index is 1.71. The van der Waals surface area contributed by atoms with Crippen molar-refractivity contribution in [2.45, 2.75) is 19.3 Å². The van der Waals surface area contributed by atoms with Crippen molar-refractivity contribution in [2.75, 3.05) is 18.4 Å². The third-order valence-corrected chi connectivity index (χ3v) is 4.52. The summed E-state index contributed by atoms with van der Waals surface area (Å²) in [6.45, 7) is 1.80. The SMILES string of the molecule is O=C(Nc1cc([N+](=O)[O-])ccc1F)C1CC12CCNCC2. The zero-order chi connectivity index (χ0) is 15.0. The summed E-state index contributed by atoms with van der Waals surface area (Å²) in [5.74, 6) is -1.01. The van der Waals surface area contributed by atoms with Gasteiger partial charge in [0.1, 0.15) is 5.82 Å². The van der Waals surface area contributed by atoms with E-state index in [0.717, 1.165) is 50.6 Å². The largest absolute Gasteiger partial charge is 0.323 e. The molecule has 0 aromatic heterocycles. The lowest BCUT2D eigenvalue weighted by molar-refractivity contribution is -0.384. The molecule has 3 rings (SSSR count). The van der Waals surface area contributed by atoms with Gasteiger partial charge in [0.25, 0.3) is 5.69 Å². The third-order valence-electron chi connectivity index (χ3n) is 4.52. The number of nitrogens with zero attached hydrogens (tertiary/aromatic N) is 1. The summed E-state index contributed by atoms with van der Waals surface area (Å²) >= 11 is 0. The molecule has 0 radical (unpaired) electrons. The van der Waals surface area contributed by atoms with Gasteiger partial charge < -0.3 is 10.6 Å². The van der Waals surface area contributed by atoms with Crippen LogP contribution in [-0.2, 0) is 4.79 Å². The second kappa shape index (κ2) is 5.07. The van der Waals surface area contributed by atoms with Crippen LogP contribution in [0.3, 0.4) is 0 Å². The summed E-state index contributed by atoms with van der Waals surface area (Å²) in [6, 6.07) is 3.14. The smallest absolute Gasteiger partial charge is 0.271 e. The van der Waals surface area contributed by atoms with Gasteiger partial charge in [0.05, 0.1) is 10.6 Å². The minimum Gasteiger partial charge on any atom is -0.323 e. The quantitative estimate of drug-likeness (QED) is 0.660.